The summed E-state index contributed by atoms with van der Waals surface area (Å²) in [6.45, 7) is 4.74. The van der Waals surface area contributed by atoms with Crippen LogP contribution in [0.25, 0.3) is 0 Å². The predicted octanol–water partition coefficient (Wildman–Crippen LogP) is 0.552. The van der Waals surface area contributed by atoms with Crippen molar-refractivity contribution in [3.63, 3.8) is 0 Å². The molecule has 16 heavy (non-hydrogen) atoms. The maximum Gasteiger partial charge on any atom is 0.0966 e. The molecule has 1 atom stereocenters. The van der Waals surface area contributed by atoms with Crippen LogP contribution in [-0.4, -0.2) is 43.7 Å². The molecule has 90 valence electrons. The van der Waals surface area contributed by atoms with Gasteiger partial charge in [0.15, 0.2) is 0 Å². The van der Waals surface area contributed by atoms with Gasteiger partial charge >= 0.3 is 0 Å². The van der Waals surface area contributed by atoms with Gasteiger partial charge in [0.2, 0.25) is 0 Å². The van der Waals surface area contributed by atoms with Crippen molar-refractivity contribution in [2.45, 2.75) is 38.3 Å². The fraction of sp³-hybridized carbons (Fsp3) is 0.818. The van der Waals surface area contributed by atoms with Gasteiger partial charge in [0.1, 0.15) is 0 Å². The molecule has 0 spiro atoms. The van der Waals surface area contributed by atoms with E-state index in [2.05, 4.69) is 15.2 Å². The molecule has 1 saturated heterocycles. The summed E-state index contributed by atoms with van der Waals surface area (Å²) < 4.78 is 1.73. The van der Waals surface area contributed by atoms with Crippen LogP contribution < -0.4 is 0 Å². The number of nitrogens with zero attached hydrogens (tertiary/aromatic N) is 4. The van der Waals surface area contributed by atoms with E-state index in [4.69, 9.17) is 0 Å². The Morgan fingerprint density at radius 1 is 1.44 bits per heavy atom. The Morgan fingerprint density at radius 2 is 2.25 bits per heavy atom. The average Bonchev–Trinajstić information content (AvgIpc) is 2.52. The minimum Gasteiger partial charge on any atom is -0.390 e. The largest absolute Gasteiger partial charge is 0.390 e. The normalized spacial score (nSPS) is 27.9. The highest BCUT2D eigenvalue weighted by Gasteiger charge is 2.25. The molecule has 0 aliphatic carbocycles. The van der Waals surface area contributed by atoms with Crippen LogP contribution in [0.4, 0.5) is 0 Å². The van der Waals surface area contributed by atoms with Crippen molar-refractivity contribution < 1.29 is 5.11 Å². The number of rotatable bonds is 2. The lowest BCUT2D eigenvalue weighted by atomic mass is 9.98. The first-order chi connectivity index (χ1) is 7.55. The number of aliphatic hydroxyl groups is 1. The summed E-state index contributed by atoms with van der Waals surface area (Å²) in [7, 11) is 1.88. The zero-order chi connectivity index (χ0) is 11.6. The molecule has 5 nitrogen and oxygen atoms in total. The molecule has 1 aliphatic heterocycles. The van der Waals surface area contributed by atoms with Crippen molar-refractivity contribution in [2.24, 2.45) is 7.05 Å². The summed E-state index contributed by atoms with van der Waals surface area (Å²) in [6.07, 6.45) is 4.73. The lowest BCUT2D eigenvalue weighted by Gasteiger charge is -2.21. The van der Waals surface area contributed by atoms with Gasteiger partial charge in [-0.15, -0.1) is 5.10 Å². The maximum absolute atomic E-state index is 9.98. The van der Waals surface area contributed by atoms with Gasteiger partial charge in [-0.2, -0.15) is 0 Å². The Balaban J connectivity index is 1.91. The monoisotopic (exact) mass is 224 g/mol. The number of hydrogen-bond acceptors (Lipinski definition) is 4. The van der Waals surface area contributed by atoms with Crippen molar-refractivity contribution in [2.75, 3.05) is 13.1 Å². The van der Waals surface area contributed by atoms with E-state index >= 15 is 0 Å². The molecule has 1 N–H and O–H groups in total. The topological polar surface area (TPSA) is 54.2 Å². The fourth-order valence-corrected chi connectivity index (χ4v) is 2.17. The van der Waals surface area contributed by atoms with Gasteiger partial charge in [-0.05, 0) is 32.7 Å². The lowest BCUT2D eigenvalue weighted by Crippen LogP contribution is -2.28. The number of aromatic nitrogens is 3. The molecule has 1 aliphatic rings. The molecule has 1 unspecified atom stereocenters. The third-order valence-corrected chi connectivity index (χ3v) is 3.19. The Hall–Kier alpha value is -0.940. The molecule has 1 fully saturated rings. The van der Waals surface area contributed by atoms with Gasteiger partial charge in [0, 0.05) is 26.3 Å². The molecule has 0 bridgehead atoms. The van der Waals surface area contributed by atoms with E-state index in [0.29, 0.717) is 0 Å². The third kappa shape index (κ3) is 3.02. The maximum atomic E-state index is 9.98. The lowest BCUT2D eigenvalue weighted by molar-refractivity contribution is 0.0444. The van der Waals surface area contributed by atoms with Crippen LogP contribution >= 0.6 is 0 Å². The molecular weight excluding hydrogens is 204 g/mol. The van der Waals surface area contributed by atoms with E-state index in [1.54, 1.807) is 4.68 Å². The van der Waals surface area contributed by atoms with Gasteiger partial charge in [-0.25, -0.2) is 0 Å². The fourth-order valence-electron chi connectivity index (χ4n) is 2.17. The SMILES string of the molecule is Cn1cc(CN2CCCC(C)(O)CC2)nn1. The van der Waals surface area contributed by atoms with Crippen LogP contribution in [0.5, 0.6) is 0 Å². The Bertz CT molecular complexity index is 348. The van der Waals surface area contributed by atoms with Gasteiger partial charge in [0.25, 0.3) is 0 Å². The zero-order valence-electron chi connectivity index (χ0n) is 10.1. The molecule has 5 heteroatoms. The molecule has 0 radical (unpaired) electrons. The van der Waals surface area contributed by atoms with E-state index < -0.39 is 5.60 Å². The van der Waals surface area contributed by atoms with Crippen molar-refractivity contribution >= 4 is 0 Å². The van der Waals surface area contributed by atoms with Crippen LogP contribution in [-0.2, 0) is 13.6 Å². The second-order valence-electron chi connectivity index (χ2n) is 5.01. The second-order valence-corrected chi connectivity index (χ2v) is 5.01. The Labute approximate surface area is 96.1 Å². The summed E-state index contributed by atoms with van der Waals surface area (Å²) in [5.41, 5.74) is 0.515. The zero-order valence-corrected chi connectivity index (χ0v) is 10.1. The predicted molar refractivity (Wildman–Crippen MR) is 60.8 cm³/mol. The first-order valence-electron chi connectivity index (χ1n) is 5.85. The van der Waals surface area contributed by atoms with Crippen LogP contribution in [0.15, 0.2) is 6.20 Å². The highest BCUT2D eigenvalue weighted by atomic mass is 16.3. The van der Waals surface area contributed by atoms with Crippen LogP contribution in [0, 0.1) is 0 Å². The molecule has 2 rings (SSSR count). The quantitative estimate of drug-likeness (QED) is 0.797. The van der Waals surface area contributed by atoms with Gasteiger partial charge in [-0.3, -0.25) is 9.58 Å². The Morgan fingerprint density at radius 3 is 2.94 bits per heavy atom. The average molecular weight is 224 g/mol. The van der Waals surface area contributed by atoms with Crippen molar-refractivity contribution in [1.82, 2.24) is 19.9 Å². The molecule has 0 amide bonds. The van der Waals surface area contributed by atoms with E-state index in [0.717, 1.165) is 44.6 Å². The van der Waals surface area contributed by atoms with Gasteiger partial charge < -0.3 is 5.11 Å². The highest BCUT2D eigenvalue weighted by molar-refractivity contribution is 4.92. The second kappa shape index (κ2) is 4.51. The number of aryl methyl sites for hydroxylation is 1. The summed E-state index contributed by atoms with van der Waals surface area (Å²) in [4.78, 5) is 2.34. The Kier molecular flexibility index (Phi) is 3.25. The van der Waals surface area contributed by atoms with E-state index in [1.807, 2.05) is 20.2 Å². The standard InChI is InChI=1S/C11H20N4O/c1-11(16)4-3-6-15(7-5-11)9-10-8-14(2)13-12-10/h8,16H,3-7,9H2,1-2H3. The summed E-state index contributed by atoms with van der Waals surface area (Å²) in [5, 5.41) is 18.0. The first-order valence-corrected chi connectivity index (χ1v) is 5.85. The molecule has 0 aromatic carbocycles. The van der Waals surface area contributed by atoms with E-state index in [1.165, 1.54) is 0 Å². The minimum atomic E-state index is -0.489. The van der Waals surface area contributed by atoms with Crippen LogP contribution in [0.3, 0.4) is 0 Å². The molecule has 1 aromatic heterocycles. The van der Waals surface area contributed by atoms with Crippen molar-refractivity contribution in [3.05, 3.63) is 11.9 Å². The van der Waals surface area contributed by atoms with Gasteiger partial charge in [-0.1, -0.05) is 5.21 Å². The summed E-state index contributed by atoms with van der Waals surface area (Å²) in [6, 6.07) is 0. The summed E-state index contributed by atoms with van der Waals surface area (Å²) >= 11 is 0. The van der Waals surface area contributed by atoms with Crippen LogP contribution in [0.1, 0.15) is 31.9 Å². The molecule has 0 saturated carbocycles. The minimum absolute atomic E-state index is 0.489. The third-order valence-electron chi connectivity index (χ3n) is 3.19. The smallest absolute Gasteiger partial charge is 0.0966 e. The van der Waals surface area contributed by atoms with Gasteiger partial charge in [0.05, 0.1) is 11.3 Å². The number of hydrogen-bond donors (Lipinski definition) is 1. The van der Waals surface area contributed by atoms with Crippen LogP contribution in [0.2, 0.25) is 0 Å². The summed E-state index contributed by atoms with van der Waals surface area (Å²) in [5.74, 6) is 0. The van der Waals surface area contributed by atoms with E-state index in [9.17, 15) is 5.11 Å². The molecular formula is C11H20N4O. The number of likely N-dealkylation sites (tertiary alicyclic amines) is 1. The van der Waals surface area contributed by atoms with Crippen molar-refractivity contribution in [1.29, 1.82) is 0 Å². The molecule has 2 heterocycles. The van der Waals surface area contributed by atoms with Crippen molar-refractivity contribution in [3.8, 4) is 0 Å². The molecule has 1 aromatic rings. The first kappa shape index (κ1) is 11.5. The highest BCUT2D eigenvalue weighted by Crippen LogP contribution is 2.21. The van der Waals surface area contributed by atoms with E-state index in [-0.39, 0.29) is 0 Å².